The van der Waals surface area contributed by atoms with Crippen LogP contribution in [-0.4, -0.2) is 62.5 Å². The molecule has 2 heterocycles. The summed E-state index contributed by atoms with van der Waals surface area (Å²) in [5, 5.41) is 4.09. The first-order valence-electron chi connectivity index (χ1n) is 11.8. The predicted molar refractivity (Wildman–Crippen MR) is 130 cm³/mol. The van der Waals surface area contributed by atoms with Crippen LogP contribution in [0.1, 0.15) is 52.0 Å². The molecule has 0 bridgehead atoms. The van der Waals surface area contributed by atoms with Crippen LogP contribution < -0.4 is 10.0 Å². The minimum absolute atomic E-state index is 0.0112. The van der Waals surface area contributed by atoms with Crippen LogP contribution >= 0.6 is 11.6 Å². The number of hydrogen-bond acceptors (Lipinski definition) is 9. The molecule has 1 unspecified atom stereocenters. The maximum absolute atomic E-state index is 12.9. The van der Waals surface area contributed by atoms with Crippen LogP contribution in [0.25, 0.3) is 0 Å². The van der Waals surface area contributed by atoms with Gasteiger partial charge in [-0.3, -0.25) is 9.59 Å². The second-order valence-corrected chi connectivity index (χ2v) is 11.0. The zero-order valence-corrected chi connectivity index (χ0v) is 21.3. The molecule has 1 amide bonds. The third-order valence-corrected chi connectivity index (χ3v) is 8.87. The number of amides is 1. The lowest BCUT2D eigenvalue weighted by Gasteiger charge is -2.33. The van der Waals surface area contributed by atoms with Crippen molar-refractivity contribution in [2.45, 2.75) is 51.0 Å². The van der Waals surface area contributed by atoms with Crippen molar-refractivity contribution in [1.29, 1.82) is 0 Å². The van der Waals surface area contributed by atoms with Gasteiger partial charge in [0.1, 0.15) is 6.26 Å². The van der Waals surface area contributed by atoms with Crippen LogP contribution in [0, 0.1) is 0 Å². The Kier molecular flexibility index (Phi) is 6.95. The lowest BCUT2D eigenvalue weighted by molar-refractivity contribution is -0.142. The Balaban J connectivity index is 1.32. The molecule has 1 saturated heterocycles. The van der Waals surface area contributed by atoms with Gasteiger partial charge in [-0.1, -0.05) is 11.6 Å². The quantitative estimate of drug-likeness (QED) is 0.508. The SMILES string of the molecule is COC(=O)CC1COCCN1S(=O)(=O)NC(=O)c1coc(Nc2c3c(c(Cl)c4c2CCC4)CCC3)n1. The summed E-state index contributed by atoms with van der Waals surface area (Å²) >= 11 is 6.68. The minimum Gasteiger partial charge on any atom is -0.469 e. The fraction of sp³-hybridized carbons (Fsp3) is 0.522. The van der Waals surface area contributed by atoms with E-state index >= 15 is 0 Å². The highest BCUT2D eigenvalue weighted by molar-refractivity contribution is 7.87. The fourth-order valence-corrected chi connectivity index (χ4v) is 6.92. The summed E-state index contributed by atoms with van der Waals surface area (Å²) in [6.07, 6.45) is 6.57. The second-order valence-electron chi connectivity index (χ2n) is 9.03. The molecule has 36 heavy (non-hydrogen) atoms. The number of nitrogens with one attached hydrogen (secondary N) is 2. The molecule has 194 valence electrons. The van der Waals surface area contributed by atoms with Crippen molar-refractivity contribution in [3.63, 3.8) is 0 Å². The number of benzene rings is 1. The number of aromatic nitrogens is 1. The molecule has 0 spiro atoms. The molecule has 0 radical (unpaired) electrons. The number of ether oxygens (including phenoxy) is 2. The summed E-state index contributed by atoms with van der Waals surface area (Å²) in [5.74, 6) is -1.52. The van der Waals surface area contributed by atoms with E-state index in [-0.39, 0.29) is 37.9 Å². The van der Waals surface area contributed by atoms with Crippen molar-refractivity contribution in [1.82, 2.24) is 14.0 Å². The van der Waals surface area contributed by atoms with Gasteiger partial charge >= 0.3 is 16.2 Å². The number of anilines is 2. The molecule has 1 aromatic heterocycles. The number of carbonyl (C=O) groups excluding carboxylic acids is 2. The van der Waals surface area contributed by atoms with Gasteiger partial charge in [-0.05, 0) is 60.8 Å². The van der Waals surface area contributed by atoms with E-state index in [0.717, 1.165) is 82.1 Å². The number of oxazole rings is 1. The average Bonchev–Trinajstić information content (AvgIpc) is 3.62. The largest absolute Gasteiger partial charge is 0.469 e. The molecule has 2 aliphatic carbocycles. The zero-order chi connectivity index (χ0) is 25.4. The summed E-state index contributed by atoms with van der Waals surface area (Å²) < 4.78 is 44.3. The topological polar surface area (TPSA) is 140 Å². The smallest absolute Gasteiger partial charge is 0.307 e. The van der Waals surface area contributed by atoms with Gasteiger partial charge in [0.15, 0.2) is 5.69 Å². The third kappa shape index (κ3) is 4.70. The van der Waals surface area contributed by atoms with E-state index in [1.54, 1.807) is 0 Å². The van der Waals surface area contributed by atoms with Crippen molar-refractivity contribution in [2.24, 2.45) is 0 Å². The van der Waals surface area contributed by atoms with Gasteiger partial charge in [0.25, 0.3) is 11.9 Å². The van der Waals surface area contributed by atoms with Crippen LogP contribution in [0.2, 0.25) is 5.02 Å². The van der Waals surface area contributed by atoms with Gasteiger partial charge in [-0.25, -0.2) is 4.72 Å². The molecular formula is C23H27ClN4O7S. The first-order valence-corrected chi connectivity index (χ1v) is 13.7. The summed E-state index contributed by atoms with van der Waals surface area (Å²) in [4.78, 5) is 28.6. The number of carbonyl (C=O) groups is 2. The first kappa shape index (κ1) is 25.0. The van der Waals surface area contributed by atoms with Gasteiger partial charge in [0.05, 0.1) is 32.8 Å². The highest BCUT2D eigenvalue weighted by Gasteiger charge is 2.36. The number of fused-ring (bicyclic) bond motifs is 2. The van der Waals surface area contributed by atoms with Crippen LogP contribution in [0.4, 0.5) is 11.7 Å². The highest BCUT2D eigenvalue weighted by atomic mass is 35.5. The molecule has 5 rings (SSSR count). The lowest BCUT2D eigenvalue weighted by Crippen LogP contribution is -2.54. The Morgan fingerprint density at radius 3 is 2.50 bits per heavy atom. The van der Waals surface area contributed by atoms with Crippen LogP contribution in [0.15, 0.2) is 10.7 Å². The molecule has 1 fully saturated rings. The Hall–Kier alpha value is -2.67. The molecule has 1 aromatic carbocycles. The van der Waals surface area contributed by atoms with E-state index in [0.29, 0.717) is 0 Å². The minimum atomic E-state index is -4.27. The zero-order valence-electron chi connectivity index (χ0n) is 19.8. The van der Waals surface area contributed by atoms with Gasteiger partial charge in [-0.15, -0.1) is 0 Å². The summed E-state index contributed by atoms with van der Waals surface area (Å²) in [7, 11) is -3.06. The van der Waals surface area contributed by atoms with E-state index in [1.807, 2.05) is 4.72 Å². The predicted octanol–water partition coefficient (Wildman–Crippen LogP) is 2.29. The Bertz CT molecular complexity index is 1270. The number of esters is 1. The van der Waals surface area contributed by atoms with E-state index in [1.165, 1.54) is 7.11 Å². The highest BCUT2D eigenvalue weighted by Crippen LogP contribution is 2.44. The van der Waals surface area contributed by atoms with E-state index in [2.05, 4.69) is 15.0 Å². The van der Waals surface area contributed by atoms with Crippen molar-refractivity contribution in [3.8, 4) is 0 Å². The lowest BCUT2D eigenvalue weighted by atomic mass is 9.98. The number of halogens is 1. The number of morpholine rings is 1. The monoisotopic (exact) mass is 538 g/mol. The maximum Gasteiger partial charge on any atom is 0.307 e. The number of hydrogen-bond donors (Lipinski definition) is 2. The van der Waals surface area contributed by atoms with E-state index in [4.69, 9.17) is 20.8 Å². The molecule has 3 aliphatic rings. The van der Waals surface area contributed by atoms with Crippen LogP contribution in [-0.2, 0) is 50.2 Å². The molecule has 1 atom stereocenters. The Morgan fingerprint density at radius 1 is 1.17 bits per heavy atom. The number of methoxy groups -OCH3 is 1. The van der Waals surface area contributed by atoms with Crippen molar-refractivity contribution < 1.29 is 31.9 Å². The summed E-state index contributed by atoms with van der Waals surface area (Å²) in [6, 6.07) is -0.696. The fourth-order valence-electron chi connectivity index (χ4n) is 5.20. The summed E-state index contributed by atoms with van der Waals surface area (Å²) in [6.45, 7) is 0.140. The van der Waals surface area contributed by atoms with E-state index < -0.39 is 28.1 Å². The first-order chi connectivity index (χ1) is 17.3. The second kappa shape index (κ2) is 10.0. The summed E-state index contributed by atoms with van der Waals surface area (Å²) in [5.41, 5.74) is 5.35. The Labute approximate surface area is 213 Å². The molecule has 2 aromatic rings. The van der Waals surface area contributed by atoms with Crippen LogP contribution in [0.5, 0.6) is 0 Å². The molecule has 13 heteroatoms. The maximum atomic E-state index is 12.9. The third-order valence-electron chi connectivity index (χ3n) is 6.87. The molecular weight excluding hydrogens is 512 g/mol. The normalized spacial score (nSPS) is 19.6. The van der Waals surface area contributed by atoms with Gasteiger partial charge in [0.2, 0.25) is 0 Å². The van der Waals surface area contributed by atoms with Gasteiger partial charge < -0.3 is 19.2 Å². The van der Waals surface area contributed by atoms with E-state index in [9.17, 15) is 18.0 Å². The van der Waals surface area contributed by atoms with Gasteiger partial charge in [0, 0.05) is 17.3 Å². The Morgan fingerprint density at radius 2 is 1.83 bits per heavy atom. The van der Waals surface area contributed by atoms with Crippen LogP contribution in [0.3, 0.4) is 0 Å². The number of rotatable bonds is 7. The number of nitrogens with zero attached hydrogens (tertiary/aromatic N) is 2. The van der Waals surface area contributed by atoms with Gasteiger partial charge in [-0.2, -0.15) is 17.7 Å². The van der Waals surface area contributed by atoms with Crippen molar-refractivity contribution in [3.05, 3.63) is 39.2 Å². The average molecular weight is 539 g/mol. The van der Waals surface area contributed by atoms with Crippen molar-refractivity contribution >= 4 is 45.4 Å². The van der Waals surface area contributed by atoms with Crippen molar-refractivity contribution in [2.75, 3.05) is 32.2 Å². The molecule has 1 aliphatic heterocycles. The molecule has 11 nitrogen and oxygen atoms in total. The standard InChI is InChI=1S/C23H27ClN4O7S/c1-33-19(29)10-13-11-34-9-8-28(13)36(31,32)27-22(30)18-12-35-23(25-18)26-21-16-6-2-4-14(16)20(24)15-5-3-7-17(15)21/h12-13H,2-11H2,1H3,(H,25,26)(H,27,30). The molecule has 0 saturated carbocycles. The molecule has 2 N–H and O–H groups in total.